The van der Waals surface area contributed by atoms with E-state index in [2.05, 4.69) is 41.2 Å². The molecule has 1 saturated heterocycles. The van der Waals surface area contributed by atoms with Crippen LogP contribution >= 0.6 is 0 Å². The molecule has 0 radical (unpaired) electrons. The second-order valence-corrected chi connectivity index (χ2v) is 10.7. The van der Waals surface area contributed by atoms with Crippen LogP contribution in [0.15, 0.2) is 79.3 Å². The molecule has 2 aromatic carbocycles. The summed E-state index contributed by atoms with van der Waals surface area (Å²) in [5.74, 6) is 2.42. The van der Waals surface area contributed by atoms with E-state index in [0.717, 1.165) is 64.0 Å². The van der Waals surface area contributed by atoms with E-state index in [1.807, 2.05) is 70.0 Å². The third-order valence-corrected chi connectivity index (χ3v) is 8.01. The summed E-state index contributed by atoms with van der Waals surface area (Å²) in [6, 6.07) is 20.1. The number of rotatable bonds is 7. The van der Waals surface area contributed by atoms with Gasteiger partial charge in [-0.3, -0.25) is 4.90 Å². The normalized spacial score (nSPS) is 14.6. The van der Waals surface area contributed by atoms with Crippen LogP contribution < -0.4 is 14.5 Å². The fourth-order valence-electron chi connectivity index (χ4n) is 5.89. The zero-order valence-electron chi connectivity index (χ0n) is 23.9. The molecule has 10 heteroatoms. The molecule has 0 atom stereocenters. The number of aromatic nitrogens is 5. The number of aryl methyl sites for hydroxylation is 2. The molecule has 5 heterocycles. The lowest BCUT2D eigenvalue weighted by Crippen LogP contribution is -2.31. The largest absolute Gasteiger partial charge is 0.497 e. The van der Waals surface area contributed by atoms with E-state index in [1.54, 1.807) is 18.2 Å². The van der Waals surface area contributed by atoms with Crippen LogP contribution in [0, 0.1) is 13.8 Å². The molecule has 0 saturated carbocycles. The molecule has 7 rings (SSSR count). The predicted octanol–water partition coefficient (Wildman–Crippen LogP) is 5.21. The lowest BCUT2D eigenvalue weighted by atomic mass is 10.1. The Morgan fingerprint density at radius 3 is 2.50 bits per heavy atom. The zero-order chi connectivity index (χ0) is 28.8. The lowest BCUT2D eigenvalue weighted by Gasteiger charge is -2.22. The van der Waals surface area contributed by atoms with E-state index in [9.17, 15) is 4.79 Å². The first-order valence-corrected chi connectivity index (χ1v) is 14.1. The van der Waals surface area contributed by atoms with Crippen molar-refractivity contribution in [2.45, 2.75) is 26.8 Å². The Hall–Kier alpha value is -5.12. The number of nitrogens with zero attached hydrogens (tertiary/aromatic N) is 8. The van der Waals surface area contributed by atoms with Crippen LogP contribution in [0.5, 0.6) is 5.75 Å². The van der Waals surface area contributed by atoms with Crippen molar-refractivity contribution in [3.63, 3.8) is 0 Å². The van der Waals surface area contributed by atoms with Gasteiger partial charge in [0, 0.05) is 67.8 Å². The molecule has 0 bridgehead atoms. The van der Waals surface area contributed by atoms with Crippen LogP contribution in [0.3, 0.4) is 0 Å². The molecular weight excluding hydrogens is 528 g/mol. The van der Waals surface area contributed by atoms with Crippen molar-refractivity contribution in [3.8, 4) is 17.1 Å². The summed E-state index contributed by atoms with van der Waals surface area (Å²) in [4.78, 5) is 24.2. The van der Waals surface area contributed by atoms with Crippen LogP contribution in [0.2, 0.25) is 0 Å². The van der Waals surface area contributed by atoms with E-state index < -0.39 is 0 Å². The number of carbonyl (C=O) groups excluding carboxylic acids is 1. The van der Waals surface area contributed by atoms with Crippen molar-refractivity contribution < 1.29 is 9.53 Å². The molecule has 2 aliphatic rings. The predicted molar refractivity (Wildman–Crippen MR) is 161 cm³/mol. The number of ether oxygens (including phenoxy) is 1. The van der Waals surface area contributed by atoms with Gasteiger partial charge in [-0.2, -0.15) is 5.10 Å². The Kier molecular flexibility index (Phi) is 6.38. The number of hydrogen-bond acceptors (Lipinski definition) is 6. The van der Waals surface area contributed by atoms with Crippen molar-refractivity contribution in [3.05, 3.63) is 102 Å². The van der Waals surface area contributed by atoms with Gasteiger partial charge >= 0.3 is 6.03 Å². The molecule has 0 aliphatic carbocycles. The van der Waals surface area contributed by atoms with Crippen molar-refractivity contribution in [2.24, 2.45) is 0 Å². The fourth-order valence-corrected chi connectivity index (χ4v) is 5.89. The van der Waals surface area contributed by atoms with Crippen LogP contribution in [0.25, 0.3) is 11.4 Å². The fraction of sp³-hybridized carbons (Fsp3) is 0.250. The zero-order valence-corrected chi connectivity index (χ0v) is 23.9. The third kappa shape index (κ3) is 4.54. The van der Waals surface area contributed by atoms with Crippen LogP contribution in [-0.2, 0) is 13.0 Å². The van der Waals surface area contributed by atoms with E-state index >= 15 is 0 Å². The molecule has 10 nitrogen and oxygen atoms in total. The maximum atomic E-state index is 13.3. The number of amides is 2. The quantitative estimate of drug-likeness (QED) is 0.272. The van der Waals surface area contributed by atoms with Crippen LogP contribution in [0.4, 0.5) is 22.1 Å². The van der Waals surface area contributed by atoms with Gasteiger partial charge in [-0.05, 0) is 73.9 Å². The molecule has 2 aliphatic heterocycles. The third-order valence-electron chi connectivity index (χ3n) is 8.01. The summed E-state index contributed by atoms with van der Waals surface area (Å²) in [5.41, 5.74) is 7.46. The van der Waals surface area contributed by atoms with Gasteiger partial charge in [-0.1, -0.05) is 12.1 Å². The van der Waals surface area contributed by atoms with Crippen molar-refractivity contribution in [1.82, 2.24) is 29.4 Å². The number of pyridine rings is 1. The SMILES string of the molecule is COc1ccc(CN2CCN(c3ccn(-c4cc(C)nc5c4CCN5c4ccc(-n5cccn5)cc4C)n3)C2=O)cc1. The first-order valence-electron chi connectivity index (χ1n) is 14.1. The summed E-state index contributed by atoms with van der Waals surface area (Å²) in [5, 5.41) is 9.23. The number of methoxy groups -OCH3 is 1. The lowest BCUT2D eigenvalue weighted by molar-refractivity contribution is 0.218. The van der Waals surface area contributed by atoms with Crippen molar-refractivity contribution in [1.29, 1.82) is 0 Å². The van der Waals surface area contributed by atoms with Crippen molar-refractivity contribution in [2.75, 3.05) is 36.5 Å². The standard InChI is InChI=1S/C32H32N8O2/c1-22-19-25(39-14-4-13-33-39)7-10-28(22)37-15-11-27-29(20-23(2)34-31(27)37)40-16-12-30(35-40)38-18-17-36(32(38)41)21-24-5-8-26(42-3)9-6-24/h4-10,12-14,16,19-20H,11,15,17-18,21H2,1-3H3. The molecular formula is C32H32N8O2. The highest BCUT2D eigenvalue weighted by molar-refractivity contribution is 5.93. The highest BCUT2D eigenvalue weighted by atomic mass is 16.5. The average molecular weight is 561 g/mol. The Morgan fingerprint density at radius 1 is 0.881 bits per heavy atom. The van der Waals surface area contributed by atoms with Gasteiger partial charge in [0.05, 0.1) is 18.5 Å². The van der Waals surface area contributed by atoms with Crippen molar-refractivity contribution >= 4 is 23.4 Å². The molecule has 212 valence electrons. The Morgan fingerprint density at radius 2 is 1.74 bits per heavy atom. The topological polar surface area (TPSA) is 84.6 Å². The minimum absolute atomic E-state index is 0.0348. The van der Waals surface area contributed by atoms with Gasteiger partial charge in [-0.25, -0.2) is 19.1 Å². The van der Waals surface area contributed by atoms with Crippen LogP contribution in [-0.4, -0.2) is 62.2 Å². The van der Waals surface area contributed by atoms with E-state index in [0.29, 0.717) is 25.5 Å². The number of benzene rings is 2. The average Bonchev–Trinajstić information content (AvgIpc) is 3.81. The van der Waals surface area contributed by atoms with Gasteiger partial charge in [0.25, 0.3) is 0 Å². The highest BCUT2D eigenvalue weighted by Crippen LogP contribution is 2.38. The maximum Gasteiger partial charge on any atom is 0.326 e. The number of fused-ring (bicyclic) bond motifs is 1. The molecule has 0 unspecified atom stereocenters. The first-order chi connectivity index (χ1) is 20.5. The second-order valence-electron chi connectivity index (χ2n) is 10.7. The molecule has 2 amide bonds. The monoisotopic (exact) mass is 560 g/mol. The summed E-state index contributed by atoms with van der Waals surface area (Å²) in [6.45, 7) is 6.77. The Balaban J connectivity index is 1.13. The van der Waals surface area contributed by atoms with Crippen LogP contribution in [0.1, 0.15) is 22.4 Å². The maximum absolute atomic E-state index is 13.3. The van der Waals surface area contributed by atoms with Gasteiger partial charge in [0.15, 0.2) is 5.82 Å². The Bertz CT molecular complexity index is 1760. The minimum atomic E-state index is -0.0348. The molecule has 1 fully saturated rings. The van der Waals surface area contributed by atoms with Gasteiger partial charge in [0.2, 0.25) is 0 Å². The van der Waals surface area contributed by atoms with Gasteiger partial charge in [-0.15, -0.1) is 5.10 Å². The van der Waals surface area contributed by atoms with Gasteiger partial charge in [0.1, 0.15) is 11.6 Å². The number of anilines is 3. The van der Waals surface area contributed by atoms with E-state index in [4.69, 9.17) is 14.8 Å². The van der Waals surface area contributed by atoms with E-state index in [-0.39, 0.29) is 6.03 Å². The highest BCUT2D eigenvalue weighted by Gasteiger charge is 2.32. The molecule has 3 aromatic heterocycles. The van der Waals surface area contributed by atoms with E-state index in [1.165, 1.54) is 0 Å². The summed E-state index contributed by atoms with van der Waals surface area (Å²) in [6.07, 6.45) is 6.53. The molecule has 42 heavy (non-hydrogen) atoms. The molecule has 0 spiro atoms. The molecule has 5 aromatic rings. The first kappa shape index (κ1) is 25.8. The Labute approximate surface area is 244 Å². The minimum Gasteiger partial charge on any atom is -0.497 e. The summed E-state index contributed by atoms with van der Waals surface area (Å²) in [7, 11) is 1.65. The smallest absolute Gasteiger partial charge is 0.326 e. The summed E-state index contributed by atoms with van der Waals surface area (Å²) < 4.78 is 9.01. The molecule has 0 N–H and O–H groups in total. The number of hydrogen-bond donors (Lipinski definition) is 0. The number of carbonyl (C=O) groups is 1. The second kappa shape index (κ2) is 10.4. The number of urea groups is 1. The van der Waals surface area contributed by atoms with Gasteiger partial charge < -0.3 is 14.5 Å². The summed E-state index contributed by atoms with van der Waals surface area (Å²) >= 11 is 0.